The summed E-state index contributed by atoms with van der Waals surface area (Å²) in [6.07, 6.45) is 0.597. The number of hydrogen-bond donors (Lipinski definition) is 7. The third kappa shape index (κ3) is 11.0. The molecule has 0 saturated carbocycles. The number of phenols is 2. The van der Waals surface area contributed by atoms with Crippen molar-refractivity contribution in [3.63, 3.8) is 0 Å². The number of aliphatic hydroxyl groups excluding tert-OH is 2. The van der Waals surface area contributed by atoms with Crippen molar-refractivity contribution in [2.24, 2.45) is 0 Å². The second kappa shape index (κ2) is 17.1. The fraction of sp³-hybridized carbons (Fsp3) is 0.581. The number of phenolic OH excluding ortho intramolecular Hbond substituents is 2. The second-order valence-corrected chi connectivity index (χ2v) is 10.9. The molecule has 12 nitrogen and oxygen atoms in total. The molecule has 0 radical (unpaired) electrons. The van der Waals surface area contributed by atoms with Gasteiger partial charge in [0, 0.05) is 25.4 Å². The first-order valence-electron chi connectivity index (χ1n) is 14.7. The van der Waals surface area contributed by atoms with E-state index in [1.165, 1.54) is 7.11 Å². The van der Waals surface area contributed by atoms with E-state index >= 15 is 0 Å². The van der Waals surface area contributed by atoms with Gasteiger partial charge in [-0.05, 0) is 74.5 Å². The summed E-state index contributed by atoms with van der Waals surface area (Å²) >= 11 is 0. The topological polar surface area (TPSA) is 179 Å². The van der Waals surface area contributed by atoms with Crippen LogP contribution in [0.1, 0.15) is 63.2 Å². The average Bonchev–Trinajstić information content (AvgIpc) is 2.97. The lowest BCUT2D eigenvalue weighted by Crippen LogP contribution is -2.35. The number of methoxy groups -OCH3 is 1. The number of likely N-dealkylation sites (N-methyl/N-ethyl adjacent to an activating group) is 1. The van der Waals surface area contributed by atoms with Crippen molar-refractivity contribution in [3.05, 3.63) is 41.5 Å². The Morgan fingerprint density at radius 3 is 2.58 bits per heavy atom. The molecule has 5 unspecified atom stereocenters. The lowest BCUT2D eigenvalue weighted by molar-refractivity contribution is -0.137. The van der Waals surface area contributed by atoms with Crippen LogP contribution in [-0.2, 0) is 16.0 Å². The third-order valence-corrected chi connectivity index (χ3v) is 7.22. The van der Waals surface area contributed by atoms with E-state index in [0.717, 1.165) is 5.56 Å². The highest BCUT2D eigenvalue weighted by atomic mass is 16.5. The number of aliphatic hydroxyl groups is 2. The average molecular weight is 607 g/mol. The Bertz CT molecular complexity index is 1160. The summed E-state index contributed by atoms with van der Waals surface area (Å²) in [5.74, 6) is -0.312. The number of aryl methyl sites for hydroxylation is 1. The first-order valence-corrected chi connectivity index (χ1v) is 14.7. The fourth-order valence-electron chi connectivity index (χ4n) is 5.02. The van der Waals surface area contributed by atoms with Crippen molar-refractivity contribution in [2.45, 2.75) is 82.8 Å². The van der Waals surface area contributed by atoms with E-state index in [1.807, 2.05) is 13.0 Å². The van der Waals surface area contributed by atoms with Crippen molar-refractivity contribution in [3.8, 4) is 28.7 Å². The van der Waals surface area contributed by atoms with Crippen LogP contribution in [0.25, 0.3) is 0 Å². The van der Waals surface area contributed by atoms with Crippen molar-refractivity contribution >= 4 is 5.97 Å². The summed E-state index contributed by atoms with van der Waals surface area (Å²) in [4.78, 5) is 11.0. The van der Waals surface area contributed by atoms with Gasteiger partial charge in [-0.15, -0.1) is 0 Å². The van der Waals surface area contributed by atoms with Crippen molar-refractivity contribution < 1.29 is 49.3 Å². The molecule has 5 atom stereocenters. The van der Waals surface area contributed by atoms with Crippen LogP contribution in [0.3, 0.4) is 0 Å². The quantitative estimate of drug-likeness (QED) is 0.0976. The highest BCUT2D eigenvalue weighted by Gasteiger charge is 2.31. The van der Waals surface area contributed by atoms with Gasteiger partial charge in [-0.2, -0.15) is 0 Å². The lowest BCUT2D eigenvalue weighted by atomic mass is 9.93. The molecule has 7 N–H and O–H groups in total. The van der Waals surface area contributed by atoms with Gasteiger partial charge in [-0.3, -0.25) is 10.1 Å². The van der Waals surface area contributed by atoms with Crippen LogP contribution in [0, 0.1) is 0 Å². The van der Waals surface area contributed by atoms with Gasteiger partial charge in [-0.1, -0.05) is 13.0 Å². The SMILES string of the molecule is CCNC(CCC(=O)O)COc1cc(C2CC(O)CC(CCc3ccc(O)c(OCNCC(C)O)c3)O2)cc(OC)c1O. The Morgan fingerprint density at radius 2 is 1.88 bits per heavy atom. The summed E-state index contributed by atoms with van der Waals surface area (Å²) < 4.78 is 23.3. The number of rotatable bonds is 18. The van der Waals surface area contributed by atoms with Crippen molar-refractivity contribution in [2.75, 3.05) is 33.5 Å². The van der Waals surface area contributed by atoms with Crippen molar-refractivity contribution in [1.29, 1.82) is 0 Å². The Morgan fingerprint density at radius 1 is 1.12 bits per heavy atom. The van der Waals surface area contributed by atoms with Crippen LogP contribution in [-0.4, -0.2) is 89.4 Å². The van der Waals surface area contributed by atoms with Gasteiger partial charge in [0.2, 0.25) is 5.75 Å². The molecule has 0 bridgehead atoms. The number of benzene rings is 2. The predicted octanol–water partition coefficient (Wildman–Crippen LogP) is 2.85. The first kappa shape index (κ1) is 34.2. The molecule has 3 rings (SSSR count). The van der Waals surface area contributed by atoms with E-state index in [0.29, 0.717) is 56.5 Å². The van der Waals surface area contributed by atoms with E-state index < -0.39 is 24.3 Å². The minimum Gasteiger partial charge on any atom is -0.504 e. The molecule has 1 fully saturated rings. The molecule has 0 spiro atoms. The van der Waals surface area contributed by atoms with Crippen molar-refractivity contribution in [1.82, 2.24) is 10.6 Å². The third-order valence-electron chi connectivity index (χ3n) is 7.22. The molecule has 0 aliphatic carbocycles. The van der Waals surface area contributed by atoms with E-state index in [1.54, 1.807) is 31.2 Å². The summed E-state index contributed by atoms with van der Waals surface area (Å²) in [5.41, 5.74) is 1.62. The maximum Gasteiger partial charge on any atom is 0.303 e. The molecule has 1 aliphatic rings. The highest BCUT2D eigenvalue weighted by Crippen LogP contribution is 2.42. The number of ether oxygens (including phenoxy) is 4. The van der Waals surface area contributed by atoms with Gasteiger partial charge in [0.15, 0.2) is 23.0 Å². The smallest absolute Gasteiger partial charge is 0.303 e. The Balaban J connectivity index is 1.66. The zero-order valence-corrected chi connectivity index (χ0v) is 25.1. The highest BCUT2D eigenvalue weighted by molar-refractivity contribution is 5.66. The summed E-state index contributed by atoms with van der Waals surface area (Å²) in [6, 6.07) is 8.27. The zero-order valence-electron chi connectivity index (χ0n) is 25.1. The van der Waals surface area contributed by atoms with Gasteiger partial charge >= 0.3 is 5.97 Å². The monoisotopic (exact) mass is 606 g/mol. The number of aromatic hydroxyl groups is 2. The molecule has 2 aromatic rings. The number of hydrogen-bond acceptors (Lipinski definition) is 11. The number of carbonyl (C=O) groups is 1. The molecule has 1 heterocycles. The van der Waals surface area contributed by atoms with Crippen LogP contribution in [0.5, 0.6) is 28.7 Å². The Hall–Kier alpha value is -3.29. The fourth-order valence-corrected chi connectivity index (χ4v) is 5.02. The minimum atomic E-state index is -0.891. The second-order valence-electron chi connectivity index (χ2n) is 10.9. The molecular weight excluding hydrogens is 560 g/mol. The summed E-state index contributed by atoms with van der Waals surface area (Å²) in [6.45, 7) is 4.88. The molecular formula is C31H46N2O10. The minimum absolute atomic E-state index is 0.00871. The predicted molar refractivity (Wildman–Crippen MR) is 159 cm³/mol. The summed E-state index contributed by atoms with van der Waals surface area (Å²) in [7, 11) is 1.44. The zero-order chi connectivity index (χ0) is 31.4. The maximum absolute atomic E-state index is 11.0. The van der Waals surface area contributed by atoms with Crippen LogP contribution < -0.4 is 24.8 Å². The Kier molecular flexibility index (Phi) is 13.6. The van der Waals surface area contributed by atoms with Crippen LogP contribution >= 0.6 is 0 Å². The number of nitrogens with one attached hydrogen (secondary N) is 2. The number of aliphatic carboxylic acids is 1. The Labute approximate surface area is 252 Å². The van der Waals surface area contributed by atoms with Gasteiger partial charge in [-0.25, -0.2) is 0 Å². The molecule has 2 aromatic carbocycles. The normalized spacial score (nSPS) is 19.9. The first-order chi connectivity index (χ1) is 20.6. The van der Waals surface area contributed by atoms with E-state index in [2.05, 4.69) is 10.6 Å². The van der Waals surface area contributed by atoms with Crippen LogP contribution in [0.15, 0.2) is 30.3 Å². The van der Waals surface area contributed by atoms with Crippen LogP contribution in [0.4, 0.5) is 0 Å². The molecule has 1 aliphatic heterocycles. The standard InChI is InChI=1S/C31H46N2O10/c1-4-33-22(7-10-30(37)38)17-41-29-13-21(12-28(40-3)31(29)39)26-15-23(35)14-24(43-26)8-5-20-6-9-25(36)27(11-20)42-18-32-16-19(2)34/h6,9,11-13,19,22-24,26,32-36,39H,4-5,7-8,10,14-18H2,1-3H3,(H,37,38). The largest absolute Gasteiger partial charge is 0.504 e. The molecule has 0 aromatic heterocycles. The van der Waals surface area contributed by atoms with E-state index in [-0.39, 0.29) is 54.9 Å². The lowest BCUT2D eigenvalue weighted by Gasteiger charge is -2.34. The van der Waals surface area contributed by atoms with E-state index in [9.17, 15) is 25.2 Å². The van der Waals surface area contributed by atoms with E-state index in [4.69, 9.17) is 24.1 Å². The summed E-state index contributed by atoms with van der Waals surface area (Å²) in [5, 5.41) is 56.1. The number of carboxylic acids is 1. The van der Waals surface area contributed by atoms with Gasteiger partial charge in [0.05, 0.1) is 31.5 Å². The molecule has 240 valence electrons. The van der Waals surface area contributed by atoms with Gasteiger partial charge in [0.1, 0.15) is 13.3 Å². The molecule has 1 saturated heterocycles. The van der Waals surface area contributed by atoms with Gasteiger partial charge < -0.3 is 49.8 Å². The molecule has 0 amide bonds. The molecule has 43 heavy (non-hydrogen) atoms. The van der Waals surface area contributed by atoms with Gasteiger partial charge in [0.25, 0.3) is 0 Å². The molecule has 12 heteroatoms. The maximum atomic E-state index is 11.0. The van der Waals surface area contributed by atoms with Crippen LogP contribution in [0.2, 0.25) is 0 Å². The number of carboxylic acid groups (broad SMARTS) is 1.